The first-order valence-corrected chi connectivity index (χ1v) is 6.11. The molecule has 2 nitrogen and oxygen atoms in total. The van der Waals surface area contributed by atoms with Crippen LogP contribution in [0.15, 0.2) is 18.2 Å². The topological polar surface area (TPSA) is 26.3 Å². The predicted octanol–water partition coefficient (Wildman–Crippen LogP) is 2.70. The van der Waals surface area contributed by atoms with E-state index in [1.807, 2.05) is 13.0 Å². The summed E-state index contributed by atoms with van der Waals surface area (Å²) < 4.78 is 5.05. The molecule has 0 bridgehead atoms. The van der Waals surface area contributed by atoms with Crippen LogP contribution in [0.25, 0.3) is 0 Å². The second-order valence-corrected chi connectivity index (χ2v) is 4.36. The van der Waals surface area contributed by atoms with Gasteiger partial charge in [-0.3, -0.25) is 4.79 Å². The molecule has 0 unspecified atom stereocenters. The minimum atomic E-state index is -0.0777. The van der Waals surface area contributed by atoms with Crippen LogP contribution in [-0.2, 0) is 28.3 Å². The number of rotatable bonds is 3. The molecule has 3 heteroatoms. The van der Waals surface area contributed by atoms with Crippen LogP contribution in [0.3, 0.4) is 0 Å². The Bertz CT molecular complexity index is 401. The fraction of sp³-hybridized carbons (Fsp3) is 0.462. The molecule has 0 heterocycles. The van der Waals surface area contributed by atoms with Crippen LogP contribution in [0.4, 0.5) is 0 Å². The second kappa shape index (κ2) is 4.88. The Balaban J connectivity index is 2.11. The van der Waals surface area contributed by atoms with E-state index in [2.05, 4.69) is 12.1 Å². The molecule has 0 N–H and O–H groups in total. The number of carbonyl (C=O) groups is 1. The van der Waals surface area contributed by atoms with Crippen molar-refractivity contribution >= 4 is 17.6 Å². The Morgan fingerprint density at radius 3 is 2.88 bits per heavy atom. The molecule has 0 spiro atoms. The lowest BCUT2D eigenvalue weighted by Gasteiger charge is -2.06. The summed E-state index contributed by atoms with van der Waals surface area (Å²) in [6, 6.07) is 6.20. The average Bonchev–Trinajstić information content (AvgIpc) is 2.71. The molecule has 0 aliphatic heterocycles. The van der Waals surface area contributed by atoms with Crippen LogP contribution in [0.2, 0.25) is 0 Å². The minimum Gasteiger partial charge on any atom is -0.466 e. The van der Waals surface area contributed by atoms with Gasteiger partial charge in [-0.1, -0.05) is 18.2 Å². The van der Waals surface area contributed by atoms with E-state index in [1.165, 1.54) is 11.1 Å². The summed E-state index contributed by atoms with van der Waals surface area (Å²) in [7, 11) is 0. The highest BCUT2D eigenvalue weighted by Gasteiger charge is 2.28. The summed E-state index contributed by atoms with van der Waals surface area (Å²) in [4.78, 5) is 11.6. The van der Waals surface area contributed by atoms with Crippen LogP contribution in [0.5, 0.6) is 0 Å². The van der Waals surface area contributed by atoms with E-state index in [9.17, 15) is 4.79 Å². The van der Waals surface area contributed by atoms with Crippen LogP contribution in [0, 0.1) is 5.92 Å². The van der Waals surface area contributed by atoms with Crippen molar-refractivity contribution in [3.8, 4) is 0 Å². The summed E-state index contributed by atoms with van der Waals surface area (Å²) in [6.45, 7) is 2.30. The average molecular weight is 239 g/mol. The molecule has 2 rings (SSSR count). The molecular weight excluding hydrogens is 224 g/mol. The number of ether oxygens (including phenoxy) is 1. The Hall–Kier alpha value is -1.02. The molecule has 0 fully saturated rings. The fourth-order valence-electron chi connectivity index (χ4n) is 2.18. The summed E-state index contributed by atoms with van der Waals surface area (Å²) in [5, 5.41) is 0. The molecule has 1 aromatic carbocycles. The molecule has 1 atom stereocenters. The van der Waals surface area contributed by atoms with Gasteiger partial charge in [-0.15, -0.1) is 11.6 Å². The van der Waals surface area contributed by atoms with Gasteiger partial charge in [-0.05, 0) is 36.5 Å². The van der Waals surface area contributed by atoms with Crippen LogP contribution < -0.4 is 0 Å². The van der Waals surface area contributed by atoms with Crippen molar-refractivity contribution in [3.05, 3.63) is 34.9 Å². The zero-order chi connectivity index (χ0) is 11.5. The maximum atomic E-state index is 11.6. The second-order valence-electron chi connectivity index (χ2n) is 4.09. The van der Waals surface area contributed by atoms with Gasteiger partial charge in [-0.2, -0.15) is 0 Å². The molecule has 16 heavy (non-hydrogen) atoms. The van der Waals surface area contributed by atoms with Crippen molar-refractivity contribution in [2.24, 2.45) is 5.92 Å². The summed E-state index contributed by atoms with van der Waals surface area (Å²) in [5.41, 5.74) is 3.62. The van der Waals surface area contributed by atoms with Gasteiger partial charge in [0.1, 0.15) is 0 Å². The standard InChI is InChI=1S/C13H15ClO2/c1-2-16-13(15)12-6-10-4-3-9(8-14)5-11(10)7-12/h3-5,12H,2,6-8H2,1H3/t12-/m1/s1. The lowest BCUT2D eigenvalue weighted by atomic mass is 10.1. The number of esters is 1. The highest BCUT2D eigenvalue weighted by Crippen LogP contribution is 2.28. The van der Waals surface area contributed by atoms with Crippen molar-refractivity contribution in [3.63, 3.8) is 0 Å². The van der Waals surface area contributed by atoms with Gasteiger partial charge in [-0.25, -0.2) is 0 Å². The lowest BCUT2D eigenvalue weighted by Crippen LogP contribution is -2.17. The number of carbonyl (C=O) groups excluding carboxylic acids is 1. The van der Waals surface area contributed by atoms with Gasteiger partial charge < -0.3 is 4.74 Å². The first-order valence-electron chi connectivity index (χ1n) is 5.58. The molecule has 0 amide bonds. The molecule has 0 radical (unpaired) electrons. The minimum absolute atomic E-state index is 0.000487. The quantitative estimate of drug-likeness (QED) is 0.598. The highest BCUT2D eigenvalue weighted by atomic mass is 35.5. The Morgan fingerprint density at radius 1 is 1.44 bits per heavy atom. The molecule has 1 aliphatic rings. The third-order valence-corrected chi connectivity index (χ3v) is 3.29. The van der Waals surface area contributed by atoms with Crippen LogP contribution in [-0.4, -0.2) is 12.6 Å². The van der Waals surface area contributed by atoms with E-state index in [0.717, 1.165) is 18.4 Å². The molecular formula is C13H15ClO2. The van der Waals surface area contributed by atoms with E-state index in [1.54, 1.807) is 0 Å². The molecule has 1 aliphatic carbocycles. The van der Waals surface area contributed by atoms with Gasteiger partial charge >= 0.3 is 5.97 Å². The third kappa shape index (κ3) is 2.22. The van der Waals surface area contributed by atoms with E-state index in [-0.39, 0.29) is 11.9 Å². The van der Waals surface area contributed by atoms with Gasteiger partial charge in [0.2, 0.25) is 0 Å². The van der Waals surface area contributed by atoms with Crippen molar-refractivity contribution in [2.75, 3.05) is 6.61 Å². The van der Waals surface area contributed by atoms with E-state index in [0.29, 0.717) is 12.5 Å². The maximum Gasteiger partial charge on any atom is 0.309 e. The van der Waals surface area contributed by atoms with Crippen LogP contribution in [0.1, 0.15) is 23.6 Å². The first kappa shape index (κ1) is 11.5. The number of hydrogen-bond donors (Lipinski definition) is 0. The van der Waals surface area contributed by atoms with E-state index in [4.69, 9.17) is 16.3 Å². The smallest absolute Gasteiger partial charge is 0.309 e. The molecule has 86 valence electrons. The number of hydrogen-bond acceptors (Lipinski definition) is 2. The summed E-state index contributed by atoms with van der Waals surface area (Å²) in [5.74, 6) is 0.448. The molecule has 0 aromatic heterocycles. The first-order chi connectivity index (χ1) is 7.74. The van der Waals surface area contributed by atoms with Gasteiger partial charge in [0.25, 0.3) is 0 Å². The summed E-state index contributed by atoms with van der Waals surface area (Å²) >= 11 is 5.79. The molecule has 0 saturated heterocycles. The number of halogens is 1. The Labute approximate surface area is 101 Å². The van der Waals surface area contributed by atoms with Gasteiger partial charge in [0, 0.05) is 5.88 Å². The fourth-order valence-corrected chi connectivity index (χ4v) is 2.35. The lowest BCUT2D eigenvalue weighted by molar-refractivity contribution is -0.147. The Kier molecular flexibility index (Phi) is 3.49. The number of benzene rings is 1. The number of fused-ring (bicyclic) bond motifs is 1. The monoisotopic (exact) mass is 238 g/mol. The zero-order valence-electron chi connectivity index (χ0n) is 9.33. The normalized spacial score (nSPS) is 18.2. The van der Waals surface area contributed by atoms with Gasteiger partial charge in [0.15, 0.2) is 0 Å². The van der Waals surface area contributed by atoms with E-state index >= 15 is 0 Å². The predicted molar refractivity (Wildman–Crippen MR) is 63.5 cm³/mol. The zero-order valence-corrected chi connectivity index (χ0v) is 10.1. The van der Waals surface area contributed by atoms with Crippen LogP contribution >= 0.6 is 11.6 Å². The summed E-state index contributed by atoms with van der Waals surface area (Å²) in [6.07, 6.45) is 1.59. The molecule has 1 aromatic rings. The third-order valence-electron chi connectivity index (χ3n) is 2.98. The largest absolute Gasteiger partial charge is 0.466 e. The van der Waals surface area contributed by atoms with Crippen molar-refractivity contribution < 1.29 is 9.53 Å². The SMILES string of the molecule is CCOC(=O)[C@@H]1Cc2ccc(CCl)cc2C1. The van der Waals surface area contributed by atoms with Gasteiger partial charge in [0.05, 0.1) is 12.5 Å². The van der Waals surface area contributed by atoms with Crippen molar-refractivity contribution in [1.82, 2.24) is 0 Å². The van der Waals surface area contributed by atoms with Crippen molar-refractivity contribution in [1.29, 1.82) is 0 Å². The van der Waals surface area contributed by atoms with Crippen molar-refractivity contribution in [2.45, 2.75) is 25.6 Å². The maximum absolute atomic E-state index is 11.6. The highest BCUT2D eigenvalue weighted by molar-refractivity contribution is 6.17. The molecule has 0 saturated carbocycles. The number of alkyl halides is 1. The van der Waals surface area contributed by atoms with E-state index < -0.39 is 0 Å². The Morgan fingerprint density at radius 2 is 2.19 bits per heavy atom.